The Kier molecular flexibility index (Phi) is 4.80. The zero-order chi connectivity index (χ0) is 19.5. The fraction of sp³-hybridized carbons (Fsp3) is 0.143. The van der Waals surface area contributed by atoms with Crippen molar-refractivity contribution in [1.29, 1.82) is 0 Å². The van der Waals surface area contributed by atoms with Gasteiger partial charge in [-0.1, -0.05) is 12.1 Å². The number of halogens is 1. The number of hydrogen-bond acceptors (Lipinski definition) is 4. The molecule has 28 heavy (non-hydrogen) atoms. The summed E-state index contributed by atoms with van der Waals surface area (Å²) in [5, 5.41) is 4.48. The third-order valence-electron chi connectivity index (χ3n) is 4.38. The van der Waals surface area contributed by atoms with Crippen LogP contribution in [0.15, 0.2) is 71.8 Å². The van der Waals surface area contributed by atoms with Gasteiger partial charge in [-0.05, 0) is 42.5 Å². The van der Waals surface area contributed by atoms with Crippen LogP contribution in [0.25, 0.3) is 16.8 Å². The van der Waals surface area contributed by atoms with E-state index < -0.39 is 0 Å². The fourth-order valence-electron chi connectivity index (χ4n) is 2.92. The molecular weight excluding hydrogens is 361 g/mol. The molecule has 4 rings (SSSR count). The molecule has 0 unspecified atom stereocenters. The predicted molar refractivity (Wildman–Crippen MR) is 103 cm³/mol. The number of nitrogens with zero attached hydrogens (tertiary/aromatic N) is 3. The number of benzene rings is 2. The van der Waals surface area contributed by atoms with Crippen molar-refractivity contribution in [2.75, 3.05) is 13.7 Å². The lowest BCUT2D eigenvalue weighted by Gasteiger charge is -2.08. The average Bonchev–Trinajstić information content (AvgIpc) is 3.16. The Morgan fingerprint density at radius 3 is 2.64 bits per heavy atom. The Labute approximate surface area is 160 Å². The molecule has 4 aromatic rings. The van der Waals surface area contributed by atoms with Crippen molar-refractivity contribution in [3.8, 4) is 22.8 Å². The lowest BCUT2D eigenvalue weighted by atomic mass is 10.1. The van der Waals surface area contributed by atoms with Gasteiger partial charge >= 0.3 is 0 Å². The van der Waals surface area contributed by atoms with E-state index >= 15 is 0 Å². The summed E-state index contributed by atoms with van der Waals surface area (Å²) in [7, 11) is 1.61. The second kappa shape index (κ2) is 7.56. The molecule has 0 atom stereocenters. The molecule has 0 aliphatic heterocycles. The number of fused-ring (bicyclic) bond motifs is 1. The molecule has 2 heterocycles. The van der Waals surface area contributed by atoms with E-state index in [1.54, 1.807) is 46.8 Å². The van der Waals surface area contributed by atoms with Crippen LogP contribution in [-0.4, -0.2) is 27.9 Å². The molecular formula is C21H18FN3O3. The highest BCUT2D eigenvalue weighted by Crippen LogP contribution is 2.23. The first-order valence-corrected chi connectivity index (χ1v) is 8.76. The van der Waals surface area contributed by atoms with Crippen molar-refractivity contribution < 1.29 is 13.9 Å². The highest BCUT2D eigenvalue weighted by Gasteiger charge is 2.10. The quantitative estimate of drug-likeness (QED) is 0.515. The fourth-order valence-corrected chi connectivity index (χ4v) is 2.92. The molecule has 0 radical (unpaired) electrons. The van der Waals surface area contributed by atoms with E-state index in [-0.39, 0.29) is 11.4 Å². The molecule has 0 saturated carbocycles. The summed E-state index contributed by atoms with van der Waals surface area (Å²) in [5.41, 5.74) is 1.87. The molecule has 0 amide bonds. The molecule has 142 valence electrons. The number of hydrogen-bond donors (Lipinski definition) is 0. The van der Waals surface area contributed by atoms with Gasteiger partial charge in [0.05, 0.1) is 19.3 Å². The lowest BCUT2D eigenvalue weighted by molar-refractivity contribution is 0.296. The highest BCUT2D eigenvalue weighted by atomic mass is 19.1. The van der Waals surface area contributed by atoms with Gasteiger partial charge < -0.3 is 14.0 Å². The summed E-state index contributed by atoms with van der Waals surface area (Å²) in [4.78, 5) is 12.8. The topological polar surface area (TPSA) is 57.8 Å². The van der Waals surface area contributed by atoms with E-state index in [9.17, 15) is 9.18 Å². The minimum Gasteiger partial charge on any atom is -0.497 e. The second-order valence-electron chi connectivity index (χ2n) is 6.19. The summed E-state index contributed by atoms with van der Waals surface area (Å²) in [6, 6.07) is 15.1. The van der Waals surface area contributed by atoms with Crippen molar-refractivity contribution >= 4 is 5.52 Å². The molecule has 0 fully saturated rings. The largest absolute Gasteiger partial charge is 0.497 e. The van der Waals surface area contributed by atoms with E-state index in [2.05, 4.69) is 5.10 Å². The maximum Gasteiger partial charge on any atom is 0.276 e. The van der Waals surface area contributed by atoms with Crippen LogP contribution in [0.5, 0.6) is 11.5 Å². The zero-order valence-corrected chi connectivity index (χ0v) is 15.2. The normalized spacial score (nSPS) is 10.9. The van der Waals surface area contributed by atoms with E-state index in [0.29, 0.717) is 30.1 Å². The summed E-state index contributed by atoms with van der Waals surface area (Å²) in [6.45, 7) is 0.658. The molecule has 0 saturated heterocycles. The van der Waals surface area contributed by atoms with Gasteiger partial charge in [-0.25, -0.2) is 8.91 Å². The van der Waals surface area contributed by atoms with Crippen LogP contribution in [0.2, 0.25) is 0 Å². The van der Waals surface area contributed by atoms with Crippen LogP contribution < -0.4 is 15.0 Å². The smallest absolute Gasteiger partial charge is 0.276 e. The van der Waals surface area contributed by atoms with Gasteiger partial charge in [-0.2, -0.15) is 5.10 Å². The Balaban J connectivity index is 1.55. The Morgan fingerprint density at radius 2 is 1.86 bits per heavy atom. The zero-order valence-electron chi connectivity index (χ0n) is 15.2. The summed E-state index contributed by atoms with van der Waals surface area (Å²) >= 11 is 0. The standard InChI is InChI=1S/C21H18FN3O3/c1-27-18-4-2-3-15(13-18)19-14-20-21(26)24(9-10-25(20)23-19)11-12-28-17-7-5-16(22)6-8-17/h2-10,13-14H,11-12H2,1H3. The minimum atomic E-state index is -0.318. The first kappa shape index (κ1) is 17.8. The van der Waals surface area contributed by atoms with Gasteiger partial charge in [0, 0.05) is 18.0 Å². The number of ether oxygens (including phenoxy) is 2. The van der Waals surface area contributed by atoms with E-state index in [1.165, 1.54) is 12.1 Å². The maximum absolute atomic E-state index is 12.9. The third kappa shape index (κ3) is 3.59. The van der Waals surface area contributed by atoms with Gasteiger partial charge in [-0.15, -0.1) is 0 Å². The molecule has 2 aromatic heterocycles. The van der Waals surface area contributed by atoms with Gasteiger partial charge in [0.1, 0.15) is 29.4 Å². The molecule has 0 spiro atoms. The average molecular weight is 379 g/mol. The van der Waals surface area contributed by atoms with Crippen molar-refractivity contribution in [2.45, 2.75) is 6.54 Å². The molecule has 0 aliphatic rings. The van der Waals surface area contributed by atoms with Crippen LogP contribution in [0.4, 0.5) is 4.39 Å². The lowest BCUT2D eigenvalue weighted by Crippen LogP contribution is -2.24. The number of aromatic nitrogens is 3. The SMILES string of the molecule is COc1cccc(-c2cc3c(=O)n(CCOc4ccc(F)cc4)ccn3n2)c1. The van der Waals surface area contributed by atoms with Crippen molar-refractivity contribution in [3.05, 3.63) is 83.2 Å². The van der Waals surface area contributed by atoms with Crippen LogP contribution in [0.3, 0.4) is 0 Å². The second-order valence-corrected chi connectivity index (χ2v) is 6.19. The molecule has 0 aliphatic carbocycles. The Morgan fingerprint density at radius 1 is 1.04 bits per heavy atom. The molecule has 0 bridgehead atoms. The Hall–Kier alpha value is -3.61. The number of rotatable bonds is 6. The summed E-state index contributed by atoms with van der Waals surface area (Å²) < 4.78 is 26.9. The van der Waals surface area contributed by atoms with Crippen molar-refractivity contribution in [3.63, 3.8) is 0 Å². The minimum absolute atomic E-state index is 0.160. The Bertz CT molecular complexity index is 1170. The van der Waals surface area contributed by atoms with Crippen LogP contribution >= 0.6 is 0 Å². The van der Waals surface area contributed by atoms with E-state index in [1.807, 2.05) is 24.3 Å². The van der Waals surface area contributed by atoms with E-state index in [4.69, 9.17) is 9.47 Å². The van der Waals surface area contributed by atoms with Gasteiger partial charge in [-0.3, -0.25) is 4.79 Å². The summed E-state index contributed by atoms with van der Waals surface area (Å²) in [5.74, 6) is 0.965. The molecule has 7 heteroatoms. The molecule has 6 nitrogen and oxygen atoms in total. The van der Waals surface area contributed by atoms with Crippen LogP contribution in [0, 0.1) is 5.82 Å². The van der Waals surface area contributed by atoms with Gasteiger partial charge in [0.2, 0.25) is 0 Å². The molecule has 2 aromatic carbocycles. The number of methoxy groups -OCH3 is 1. The maximum atomic E-state index is 12.9. The van der Waals surface area contributed by atoms with Crippen molar-refractivity contribution in [1.82, 2.24) is 14.2 Å². The first-order valence-electron chi connectivity index (χ1n) is 8.76. The van der Waals surface area contributed by atoms with Crippen LogP contribution in [-0.2, 0) is 6.54 Å². The van der Waals surface area contributed by atoms with E-state index in [0.717, 1.165) is 11.3 Å². The summed E-state index contributed by atoms with van der Waals surface area (Å²) in [6.07, 6.45) is 3.41. The molecule has 0 N–H and O–H groups in total. The first-order chi connectivity index (χ1) is 13.6. The third-order valence-corrected chi connectivity index (χ3v) is 4.38. The highest BCUT2D eigenvalue weighted by molar-refractivity contribution is 5.66. The monoisotopic (exact) mass is 379 g/mol. The van der Waals surface area contributed by atoms with Gasteiger partial charge in [0.15, 0.2) is 0 Å². The predicted octanol–water partition coefficient (Wildman–Crippen LogP) is 3.39. The van der Waals surface area contributed by atoms with Crippen LogP contribution in [0.1, 0.15) is 0 Å². The van der Waals surface area contributed by atoms with Gasteiger partial charge in [0.25, 0.3) is 5.56 Å². The van der Waals surface area contributed by atoms with Crippen molar-refractivity contribution in [2.24, 2.45) is 0 Å².